The molecule has 11 heteroatoms. The zero-order valence-electron chi connectivity index (χ0n) is 19.7. The summed E-state index contributed by atoms with van der Waals surface area (Å²) >= 11 is 0. The Morgan fingerprint density at radius 3 is 2.54 bits per heavy atom. The van der Waals surface area contributed by atoms with Crippen LogP contribution >= 0.6 is 0 Å². The van der Waals surface area contributed by atoms with Gasteiger partial charge >= 0.3 is 0 Å². The van der Waals surface area contributed by atoms with Crippen molar-refractivity contribution in [3.8, 4) is 5.75 Å². The maximum absolute atomic E-state index is 12.5. The molecule has 0 aromatic heterocycles. The minimum absolute atomic E-state index is 0.0776. The number of carbonyl (C=O) groups is 2. The van der Waals surface area contributed by atoms with Crippen molar-refractivity contribution in [1.29, 1.82) is 0 Å². The highest BCUT2D eigenvalue weighted by atomic mass is 32.2. The number of para-hydroxylation sites is 1. The third kappa shape index (κ3) is 8.08. The molecule has 0 saturated carbocycles. The van der Waals surface area contributed by atoms with Gasteiger partial charge in [0.1, 0.15) is 11.8 Å². The third-order valence-electron chi connectivity index (χ3n) is 5.29. The highest BCUT2D eigenvalue weighted by Crippen LogP contribution is 2.20. The van der Waals surface area contributed by atoms with E-state index in [4.69, 9.17) is 9.47 Å². The van der Waals surface area contributed by atoms with Crippen LogP contribution in [-0.4, -0.2) is 64.6 Å². The summed E-state index contributed by atoms with van der Waals surface area (Å²) in [7, 11) is -3.69. The van der Waals surface area contributed by atoms with Gasteiger partial charge in [0.15, 0.2) is 6.61 Å². The number of benzene rings is 2. The second-order valence-corrected chi connectivity index (χ2v) is 9.96. The van der Waals surface area contributed by atoms with Gasteiger partial charge in [0, 0.05) is 13.2 Å². The smallest absolute Gasteiger partial charge is 0.263 e. The molecule has 2 atom stereocenters. The summed E-state index contributed by atoms with van der Waals surface area (Å²) in [5, 5.41) is 6.71. The first kappa shape index (κ1) is 26.2. The number of hydrazone groups is 1. The minimum Gasteiger partial charge on any atom is -0.484 e. The molecule has 35 heavy (non-hydrogen) atoms. The van der Waals surface area contributed by atoms with Crippen molar-refractivity contribution in [3.63, 3.8) is 0 Å². The normalized spacial score (nSPS) is 16.6. The van der Waals surface area contributed by atoms with Crippen LogP contribution in [0.3, 0.4) is 0 Å². The summed E-state index contributed by atoms with van der Waals surface area (Å²) in [6.45, 7) is 2.60. The largest absolute Gasteiger partial charge is 0.484 e. The van der Waals surface area contributed by atoms with Gasteiger partial charge in [0.25, 0.3) is 11.8 Å². The molecule has 10 nitrogen and oxygen atoms in total. The van der Waals surface area contributed by atoms with E-state index in [0.29, 0.717) is 23.5 Å². The maximum Gasteiger partial charge on any atom is 0.263 e. The maximum atomic E-state index is 12.5. The summed E-state index contributed by atoms with van der Waals surface area (Å²) in [5.74, 6) is -0.287. The van der Waals surface area contributed by atoms with Gasteiger partial charge in [-0.1, -0.05) is 18.2 Å². The number of rotatable bonds is 11. The van der Waals surface area contributed by atoms with Crippen LogP contribution in [0.5, 0.6) is 5.75 Å². The average molecular weight is 503 g/mol. The van der Waals surface area contributed by atoms with Gasteiger partial charge in [-0.3, -0.25) is 13.9 Å². The Labute approximate surface area is 205 Å². The van der Waals surface area contributed by atoms with Gasteiger partial charge in [-0.15, -0.1) is 0 Å². The molecular formula is C24H30N4O6S. The lowest BCUT2D eigenvalue weighted by atomic mass is 10.2. The highest BCUT2D eigenvalue weighted by molar-refractivity contribution is 7.92. The number of ether oxygens (including phenoxy) is 2. The van der Waals surface area contributed by atoms with Crippen molar-refractivity contribution in [3.05, 3.63) is 60.2 Å². The van der Waals surface area contributed by atoms with E-state index in [1.807, 2.05) is 0 Å². The van der Waals surface area contributed by atoms with Crippen LogP contribution in [0.2, 0.25) is 0 Å². The first-order valence-electron chi connectivity index (χ1n) is 11.2. The number of hydrogen-bond donors (Lipinski definition) is 2. The average Bonchev–Trinajstić information content (AvgIpc) is 3.36. The molecule has 3 rings (SSSR count). The van der Waals surface area contributed by atoms with E-state index in [-0.39, 0.29) is 18.6 Å². The van der Waals surface area contributed by atoms with Gasteiger partial charge in [-0.2, -0.15) is 5.10 Å². The molecule has 0 spiro atoms. The standard InChI is InChI=1S/C24H30N4O6S/c1-18(28(35(2,31)32)20-7-4-3-5-8-20)24(30)27-26-15-19-10-12-21(13-11-19)34-17-23(29)25-16-22-9-6-14-33-22/h3-5,7-8,10-13,15,18,22H,6,9,14,16-17H2,1-2H3,(H,25,29)(H,27,30)/b26-15-/t18-,22-/m1/s1. The van der Waals surface area contributed by atoms with Gasteiger partial charge in [0.05, 0.1) is 24.3 Å². The quantitative estimate of drug-likeness (QED) is 0.356. The molecule has 0 aliphatic carbocycles. The van der Waals surface area contributed by atoms with Crippen molar-refractivity contribution in [2.45, 2.75) is 31.9 Å². The number of sulfonamides is 1. The Balaban J connectivity index is 1.48. The molecule has 0 unspecified atom stereocenters. The van der Waals surface area contributed by atoms with E-state index >= 15 is 0 Å². The van der Waals surface area contributed by atoms with E-state index in [0.717, 1.165) is 30.0 Å². The topological polar surface area (TPSA) is 126 Å². The van der Waals surface area contributed by atoms with E-state index in [1.165, 1.54) is 13.1 Å². The molecule has 1 fully saturated rings. The van der Waals surface area contributed by atoms with Crippen LogP contribution in [0.25, 0.3) is 0 Å². The van der Waals surface area contributed by atoms with Crippen LogP contribution in [-0.2, 0) is 24.3 Å². The minimum atomic E-state index is -3.69. The second kappa shape index (κ2) is 12.3. The predicted molar refractivity (Wildman–Crippen MR) is 133 cm³/mol. The number of nitrogens with one attached hydrogen (secondary N) is 2. The molecule has 1 aliphatic heterocycles. The van der Waals surface area contributed by atoms with E-state index in [9.17, 15) is 18.0 Å². The van der Waals surface area contributed by atoms with E-state index in [2.05, 4.69) is 15.8 Å². The van der Waals surface area contributed by atoms with Gasteiger partial charge in [-0.25, -0.2) is 13.8 Å². The Hall–Kier alpha value is -3.44. The fourth-order valence-electron chi connectivity index (χ4n) is 3.53. The fourth-order valence-corrected chi connectivity index (χ4v) is 4.71. The van der Waals surface area contributed by atoms with Gasteiger partial charge in [-0.05, 0) is 61.7 Å². The molecule has 2 aromatic carbocycles. The third-order valence-corrected chi connectivity index (χ3v) is 6.53. The molecule has 0 bridgehead atoms. The van der Waals surface area contributed by atoms with Crippen molar-refractivity contribution in [1.82, 2.24) is 10.7 Å². The summed E-state index contributed by atoms with van der Waals surface area (Å²) < 4.78 is 36.5. The highest BCUT2D eigenvalue weighted by Gasteiger charge is 2.28. The molecule has 2 N–H and O–H groups in total. The monoisotopic (exact) mass is 502 g/mol. The summed E-state index contributed by atoms with van der Waals surface area (Å²) in [6, 6.07) is 14.2. The molecular weight excluding hydrogens is 472 g/mol. The predicted octanol–water partition coefficient (Wildman–Crippen LogP) is 1.67. The molecule has 0 radical (unpaired) electrons. The van der Waals surface area contributed by atoms with Crippen molar-refractivity contribution >= 4 is 33.7 Å². The Kier molecular flexibility index (Phi) is 9.21. The number of anilines is 1. The lowest BCUT2D eigenvalue weighted by Gasteiger charge is -2.27. The number of amides is 2. The number of carbonyl (C=O) groups excluding carboxylic acids is 2. The molecule has 1 aliphatic rings. The molecule has 2 amide bonds. The van der Waals surface area contributed by atoms with Crippen molar-refractivity contribution in [2.75, 3.05) is 30.3 Å². The van der Waals surface area contributed by atoms with Crippen LogP contribution in [0, 0.1) is 0 Å². The van der Waals surface area contributed by atoms with Gasteiger partial charge < -0.3 is 14.8 Å². The molecule has 2 aromatic rings. The summed E-state index contributed by atoms with van der Waals surface area (Å²) in [5.41, 5.74) is 3.44. The lowest BCUT2D eigenvalue weighted by molar-refractivity contribution is -0.123. The summed E-state index contributed by atoms with van der Waals surface area (Å²) in [6.07, 6.45) is 4.52. The van der Waals surface area contributed by atoms with Crippen LogP contribution < -0.4 is 19.8 Å². The van der Waals surface area contributed by atoms with E-state index < -0.39 is 22.0 Å². The molecule has 188 valence electrons. The zero-order valence-corrected chi connectivity index (χ0v) is 20.5. The van der Waals surface area contributed by atoms with Crippen molar-refractivity contribution < 1.29 is 27.5 Å². The zero-order chi connectivity index (χ0) is 25.3. The van der Waals surface area contributed by atoms with Crippen LogP contribution in [0.1, 0.15) is 25.3 Å². The SMILES string of the molecule is C[C@H](C(=O)N/N=C\c1ccc(OCC(=O)NC[C@H]2CCCO2)cc1)N(c1ccccc1)S(C)(=O)=O. The molecule has 1 heterocycles. The van der Waals surface area contributed by atoms with Crippen LogP contribution in [0.4, 0.5) is 5.69 Å². The number of nitrogens with zero attached hydrogens (tertiary/aromatic N) is 2. The first-order chi connectivity index (χ1) is 16.7. The van der Waals surface area contributed by atoms with Crippen LogP contribution in [0.15, 0.2) is 59.7 Å². The Morgan fingerprint density at radius 1 is 1.20 bits per heavy atom. The Bertz CT molecular complexity index is 1120. The van der Waals surface area contributed by atoms with Gasteiger partial charge in [0.2, 0.25) is 10.0 Å². The lowest BCUT2D eigenvalue weighted by Crippen LogP contribution is -2.46. The Morgan fingerprint density at radius 2 is 1.91 bits per heavy atom. The summed E-state index contributed by atoms with van der Waals surface area (Å²) in [4.78, 5) is 24.4. The van der Waals surface area contributed by atoms with E-state index in [1.54, 1.807) is 54.6 Å². The second-order valence-electron chi connectivity index (χ2n) is 8.10. The number of hydrogen-bond acceptors (Lipinski definition) is 7. The fraction of sp³-hybridized carbons (Fsp3) is 0.375. The molecule has 1 saturated heterocycles. The van der Waals surface area contributed by atoms with Crippen molar-refractivity contribution in [2.24, 2.45) is 5.10 Å². The first-order valence-corrected chi connectivity index (χ1v) is 13.1.